The molecule has 0 radical (unpaired) electrons. The molecule has 1 aromatic carbocycles. The van der Waals surface area contributed by atoms with Crippen molar-refractivity contribution >= 4 is 28.3 Å². The van der Waals surface area contributed by atoms with Crippen LogP contribution in [0.5, 0.6) is 0 Å². The maximum Gasteiger partial charge on any atom is 0.341 e. The molecule has 1 saturated heterocycles. The zero-order chi connectivity index (χ0) is 17.4. The van der Waals surface area contributed by atoms with E-state index in [1.807, 2.05) is 0 Å². The molecule has 1 atom stereocenters. The van der Waals surface area contributed by atoms with E-state index in [0.717, 1.165) is 6.42 Å². The van der Waals surface area contributed by atoms with Crippen LogP contribution in [0.4, 0.5) is 5.69 Å². The Hall–Kier alpha value is -2.67. The van der Waals surface area contributed by atoms with Crippen molar-refractivity contribution in [3.8, 4) is 0 Å². The first-order valence-corrected chi connectivity index (χ1v) is 7.81. The average Bonchev–Trinajstić information content (AvgIpc) is 3.07. The minimum Gasteiger partial charge on any atom is -0.422 e. The SMILES string of the molecule is Cc1c(N)c2c(C(=O)[C@@H]3CCCN3C(=O)CN)cccc2oc1=O. The third-order valence-corrected chi connectivity index (χ3v) is 4.52. The van der Waals surface area contributed by atoms with E-state index in [2.05, 4.69) is 0 Å². The largest absolute Gasteiger partial charge is 0.422 e. The van der Waals surface area contributed by atoms with Crippen molar-refractivity contribution in [2.75, 3.05) is 18.8 Å². The maximum absolute atomic E-state index is 13.0. The lowest BCUT2D eigenvalue weighted by atomic mass is 9.96. The fourth-order valence-electron chi connectivity index (χ4n) is 3.21. The molecule has 0 spiro atoms. The second kappa shape index (κ2) is 6.09. The van der Waals surface area contributed by atoms with Gasteiger partial charge in [-0.15, -0.1) is 0 Å². The summed E-state index contributed by atoms with van der Waals surface area (Å²) in [5.74, 6) is -0.457. The van der Waals surface area contributed by atoms with Gasteiger partial charge >= 0.3 is 5.63 Å². The van der Waals surface area contributed by atoms with Crippen LogP contribution in [0, 0.1) is 6.92 Å². The van der Waals surface area contributed by atoms with Crippen molar-refractivity contribution in [3.63, 3.8) is 0 Å². The predicted octanol–water partition coefficient (Wildman–Crippen LogP) is 0.816. The van der Waals surface area contributed by atoms with E-state index in [-0.39, 0.29) is 35.1 Å². The third-order valence-electron chi connectivity index (χ3n) is 4.52. The fourth-order valence-corrected chi connectivity index (χ4v) is 3.21. The van der Waals surface area contributed by atoms with Crippen LogP contribution in [0.25, 0.3) is 11.0 Å². The average molecular weight is 329 g/mol. The van der Waals surface area contributed by atoms with E-state index in [1.54, 1.807) is 25.1 Å². The van der Waals surface area contributed by atoms with Crippen LogP contribution in [0.2, 0.25) is 0 Å². The summed E-state index contributed by atoms with van der Waals surface area (Å²) in [4.78, 5) is 38.3. The van der Waals surface area contributed by atoms with E-state index >= 15 is 0 Å². The Balaban J connectivity index is 2.12. The second-order valence-electron chi connectivity index (χ2n) is 5.92. The van der Waals surface area contributed by atoms with Gasteiger partial charge in [0.25, 0.3) is 0 Å². The zero-order valence-corrected chi connectivity index (χ0v) is 13.4. The van der Waals surface area contributed by atoms with Gasteiger partial charge in [-0.2, -0.15) is 0 Å². The molecule has 1 aliphatic rings. The molecule has 126 valence electrons. The predicted molar refractivity (Wildman–Crippen MR) is 89.8 cm³/mol. The van der Waals surface area contributed by atoms with Crippen molar-refractivity contribution in [2.24, 2.45) is 5.73 Å². The van der Waals surface area contributed by atoms with Crippen LogP contribution in [0.3, 0.4) is 0 Å². The van der Waals surface area contributed by atoms with E-state index in [4.69, 9.17) is 15.9 Å². The number of amides is 1. The summed E-state index contributed by atoms with van der Waals surface area (Å²) >= 11 is 0. The Bertz CT molecular complexity index is 887. The smallest absolute Gasteiger partial charge is 0.341 e. The second-order valence-corrected chi connectivity index (χ2v) is 5.92. The lowest BCUT2D eigenvalue weighted by Gasteiger charge is -2.23. The van der Waals surface area contributed by atoms with Crippen LogP contribution in [-0.4, -0.2) is 35.7 Å². The van der Waals surface area contributed by atoms with Crippen LogP contribution in [0.15, 0.2) is 27.4 Å². The molecule has 7 heteroatoms. The van der Waals surface area contributed by atoms with E-state index in [9.17, 15) is 14.4 Å². The van der Waals surface area contributed by atoms with Crippen molar-refractivity contribution in [3.05, 3.63) is 39.7 Å². The zero-order valence-electron chi connectivity index (χ0n) is 13.4. The molecule has 1 aliphatic heterocycles. The van der Waals surface area contributed by atoms with Crippen molar-refractivity contribution in [2.45, 2.75) is 25.8 Å². The Morgan fingerprint density at radius 1 is 1.38 bits per heavy atom. The summed E-state index contributed by atoms with van der Waals surface area (Å²) in [6.07, 6.45) is 1.33. The van der Waals surface area contributed by atoms with Crippen molar-refractivity contribution in [1.82, 2.24) is 4.90 Å². The van der Waals surface area contributed by atoms with Crippen molar-refractivity contribution in [1.29, 1.82) is 0 Å². The highest BCUT2D eigenvalue weighted by atomic mass is 16.4. The molecule has 1 fully saturated rings. The Morgan fingerprint density at radius 3 is 2.83 bits per heavy atom. The van der Waals surface area contributed by atoms with Gasteiger partial charge in [-0.05, 0) is 25.8 Å². The molecule has 1 aromatic heterocycles. The number of nitrogens with zero attached hydrogens (tertiary/aromatic N) is 1. The topological polar surface area (TPSA) is 120 Å². The van der Waals surface area contributed by atoms with Crippen LogP contribution in [0.1, 0.15) is 28.8 Å². The highest BCUT2D eigenvalue weighted by Gasteiger charge is 2.35. The number of likely N-dealkylation sites (tertiary alicyclic amines) is 1. The number of rotatable bonds is 3. The van der Waals surface area contributed by atoms with Gasteiger partial charge in [0.1, 0.15) is 5.58 Å². The molecule has 7 nitrogen and oxygen atoms in total. The number of carbonyl (C=O) groups excluding carboxylic acids is 2. The lowest BCUT2D eigenvalue weighted by Crippen LogP contribution is -2.43. The minimum absolute atomic E-state index is 0.130. The molecule has 0 aliphatic carbocycles. The van der Waals surface area contributed by atoms with Gasteiger partial charge in [-0.3, -0.25) is 9.59 Å². The number of fused-ring (bicyclic) bond motifs is 1. The molecule has 4 N–H and O–H groups in total. The number of hydrogen-bond donors (Lipinski definition) is 2. The van der Waals surface area contributed by atoms with Gasteiger partial charge in [0, 0.05) is 12.1 Å². The molecule has 1 amide bonds. The van der Waals surface area contributed by atoms with Gasteiger partial charge in [0.15, 0.2) is 5.78 Å². The van der Waals surface area contributed by atoms with Crippen LogP contribution >= 0.6 is 0 Å². The molecule has 2 aromatic rings. The van der Waals surface area contributed by atoms with Crippen LogP contribution < -0.4 is 17.1 Å². The molecule has 0 bridgehead atoms. The molecule has 0 saturated carbocycles. The summed E-state index contributed by atoms with van der Waals surface area (Å²) in [6.45, 7) is 1.94. The number of Topliss-reactive ketones (excluding diaryl/α,β-unsaturated/α-hetero) is 1. The first-order chi connectivity index (χ1) is 11.5. The molecular formula is C17H19N3O4. The summed E-state index contributed by atoms with van der Waals surface area (Å²) < 4.78 is 5.23. The first-order valence-electron chi connectivity index (χ1n) is 7.81. The van der Waals surface area contributed by atoms with Crippen molar-refractivity contribution < 1.29 is 14.0 Å². The number of anilines is 1. The number of ketones is 1. The third kappa shape index (κ3) is 2.46. The fraction of sp³-hybridized carbons (Fsp3) is 0.353. The van der Waals surface area contributed by atoms with E-state index in [1.165, 1.54) is 4.90 Å². The Labute approximate surface area is 138 Å². The highest BCUT2D eigenvalue weighted by Crippen LogP contribution is 2.29. The van der Waals surface area contributed by atoms with Crippen LogP contribution in [-0.2, 0) is 4.79 Å². The lowest BCUT2D eigenvalue weighted by molar-refractivity contribution is -0.129. The molecule has 3 rings (SSSR count). The number of nitrogens with two attached hydrogens (primary N) is 2. The number of carbonyl (C=O) groups is 2. The number of hydrogen-bond acceptors (Lipinski definition) is 6. The number of benzene rings is 1. The summed E-state index contributed by atoms with van der Waals surface area (Å²) in [6, 6.07) is 4.32. The Kier molecular flexibility index (Phi) is 4.11. The Morgan fingerprint density at radius 2 is 2.12 bits per heavy atom. The number of nitrogen functional groups attached to an aromatic ring is 1. The molecule has 24 heavy (non-hydrogen) atoms. The molecular weight excluding hydrogens is 310 g/mol. The van der Waals surface area contributed by atoms with Gasteiger partial charge in [0.05, 0.1) is 29.2 Å². The van der Waals surface area contributed by atoms with Gasteiger partial charge < -0.3 is 20.8 Å². The monoisotopic (exact) mass is 329 g/mol. The minimum atomic E-state index is -0.557. The quantitative estimate of drug-likeness (QED) is 0.635. The summed E-state index contributed by atoms with van der Waals surface area (Å²) in [7, 11) is 0. The normalized spacial score (nSPS) is 17.4. The molecule has 2 heterocycles. The standard InChI is InChI=1S/C17H19N3O4/c1-9-15(19)14-10(4-2-6-12(14)24-17(9)23)16(22)11-5-3-7-20(11)13(21)8-18/h2,4,6,11H,3,5,7-8,18-19H2,1H3/t11-/m0/s1. The van der Waals surface area contributed by atoms with Gasteiger partial charge in [-0.1, -0.05) is 12.1 Å². The first kappa shape index (κ1) is 16.2. The summed E-state index contributed by atoms with van der Waals surface area (Å²) in [5.41, 5.74) is 12.1. The maximum atomic E-state index is 13.0. The van der Waals surface area contributed by atoms with E-state index < -0.39 is 11.7 Å². The van der Waals surface area contributed by atoms with Gasteiger partial charge in [-0.25, -0.2) is 4.79 Å². The molecule has 0 unspecified atom stereocenters. The summed E-state index contributed by atoms with van der Waals surface area (Å²) in [5, 5.41) is 0.423. The van der Waals surface area contributed by atoms with Gasteiger partial charge in [0.2, 0.25) is 5.91 Å². The highest BCUT2D eigenvalue weighted by molar-refractivity contribution is 6.13. The van der Waals surface area contributed by atoms with E-state index in [0.29, 0.717) is 23.9 Å².